The second kappa shape index (κ2) is 7.94. The van der Waals surface area contributed by atoms with Gasteiger partial charge in [-0.3, -0.25) is 9.59 Å². The van der Waals surface area contributed by atoms with Crippen LogP contribution in [0.4, 0.5) is 5.69 Å². The summed E-state index contributed by atoms with van der Waals surface area (Å²) in [5, 5.41) is 11.8. The first kappa shape index (κ1) is 16.5. The molecule has 1 aliphatic rings. The second-order valence-electron chi connectivity index (χ2n) is 5.65. The fourth-order valence-electron chi connectivity index (χ4n) is 2.80. The summed E-state index contributed by atoms with van der Waals surface area (Å²) in [6.07, 6.45) is 3.51. The second-order valence-corrected chi connectivity index (χ2v) is 5.65. The molecule has 1 heterocycles. The summed E-state index contributed by atoms with van der Waals surface area (Å²) >= 11 is 0. The van der Waals surface area contributed by atoms with Gasteiger partial charge in [-0.15, -0.1) is 0 Å². The molecule has 1 fully saturated rings. The largest absolute Gasteiger partial charge is 0.396 e. The van der Waals surface area contributed by atoms with Crippen molar-refractivity contribution >= 4 is 17.5 Å². The van der Waals surface area contributed by atoms with Crippen LogP contribution in [0.15, 0.2) is 24.3 Å². The van der Waals surface area contributed by atoms with Crippen molar-refractivity contribution in [2.45, 2.75) is 45.1 Å². The van der Waals surface area contributed by atoms with Crippen LogP contribution in [0, 0.1) is 0 Å². The third-order valence-electron chi connectivity index (χ3n) is 3.96. The number of hydrogen-bond donors (Lipinski definition) is 2. The predicted molar refractivity (Wildman–Crippen MR) is 85.5 cm³/mol. The monoisotopic (exact) mass is 304 g/mol. The number of nitrogens with one attached hydrogen (secondary N) is 1. The Labute approximate surface area is 131 Å². The average Bonchev–Trinajstić information content (AvgIpc) is 2.99. The molecule has 22 heavy (non-hydrogen) atoms. The van der Waals surface area contributed by atoms with Crippen LogP contribution < -0.4 is 5.32 Å². The van der Waals surface area contributed by atoms with Crippen LogP contribution in [0.5, 0.6) is 0 Å². The number of anilines is 1. The van der Waals surface area contributed by atoms with Crippen LogP contribution in [0.2, 0.25) is 0 Å². The zero-order chi connectivity index (χ0) is 15.9. The molecule has 1 aromatic rings. The van der Waals surface area contributed by atoms with E-state index in [0.29, 0.717) is 19.4 Å². The van der Waals surface area contributed by atoms with E-state index in [1.54, 1.807) is 4.90 Å². The number of carbonyl (C=O) groups excluding carboxylic acids is 2. The van der Waals surface area contributed by atoms with Gasteiger partial charge in [0, 0.05) is 25.3 Å². The molecular formula is C17H24N2O3. The highest BCUT2D eigenvalue weighted by molar-refractivity contribution is 5.97. The van der Waals surface area contributed by atoms with Gasteiger partial charge in [0.2, 0.25) is 11.8 Å². The van der Waals surface area contributed by atoms with Gasteiger partial charge in [0.15, 0.2) is 0 Å². The van der Waals surface area contributed by atoms with Gasteiger partial charge in [0.25, 0.3) is 0 Å². The van der Waals surface area contributed by atoms with Crippen molar-refractivity contribution in [1.82, 2.24) is 4.90 Å². The maximum atomic E-state index is 12.4. The summed E-state index contributed by atoms with van der Waals surface area (Å²) in [4.78, 5) is 26.2. The van der Waals surface area contributed by atoms with Crippen LogP contribution in [-0.2, 0) is 16.0 Å². The number of likely N-dealkylation sites (tertiary alicyclic amines) is 1. The van der Waals surface area contributed by atoms with E-state index in [1.165, 1.54) is 0 Å². The van der Waals surface area contributed by atoms with Gasteiger partial charge in [0.05, 0.1) is 0 Å². The number of amides is 2. The molecule has 5 heteroatoms. The standard InChI is InChI=1S/C17H24N2O3/c1-2-4-16(21)19-11-3-5-15(19)17(22)18-14-8-6-13(7-9-14)10-12-20/h6-9,15,20H,2-5,10-12H2,1H3,(H,18,22). The Morgan fingerprint density at radius 1 is 1.32 bits per heavy atom. The van der Waals surface area contributed by atoms with Crippen LogP contribution in [-0.4, -0.2) is 41.0 Å². The smallest absolute Gasteiger partial charge is 0.247 e. The van der Waals surface area contributed by atoms with Crippen molar-refractivity contribution in [2.24, 2.45) is 0 Å². The maximum absolute atomic E-state index is 12.4. The van der Waals surface area contributed by atoms with Crippen molar-refractivity contribution < 1.29 is 14.7 Å². The Hall–Kier alpha value is -1.88. The van der Waals surface area contributed by atoms with Crippen LogP contribution in [0.1, 0.15) is 38.2 Å². The summed E-state index contributed by atoms with van der Waals surface area (Å²) < 4.78 is 0. The van der Waals surface area contributed by atoms with Gasteiger partial charge in [0.1, 0.15) is 6.04 Å². The zero-order valence-electron chi connectivity index (χ0n) is 13.0. The molecule has 1 aliphatic heterocycles. The van der Waals surface area contributed by atoms with Crippen molar-refractivity contribution in [3.8, 4) is 0 Å². The molecule has 120 valence electrons. The average molecular weight is 304 g/mol. The zero-order valence-corrected chi connectivity index (χ0v) is 13.0. The number of aliphatic hydroxyl groups excluding tert-OH is 1. The molecule has 1 atom stereocenters. The molecule has 2 rings (SSSR count). The van der Waals surface area contributed by atoms with E-state index in [1.807, 2.05) is 31.2 Å². The van der Waals surface area contributed by atoms with E-state index in [4.69, 9.17) is 5.11 Å². The van der Waals surface area contributed by atoms with Crippen molar-refractivity contribution in [3.05, 3.63) is 29.8 Å². The molecule has 0 aliphatic carbocycles. The molecule has 0 aromatic heterocycles. The third-order valence-corrected chi connectivity index (χ3v) is 3.96. The molecule has 0 bridgehead atoms. The predicted octanol–water partition coefficient (Wildman–Crippen LogP) is 1.95. The molecule has 5 nitrogen and oxygen atoms in total. The van der Waals surface area contributed by atoms with E-state index < -0.39 is 0 Å². The van der Waals surface area contributed by atoms with Gasteiger partial charge in [-0.05, 0) is 43.4 Å². The summed E-state index contributed by atoms with van der Waals surface area (Å²) in [6.45, 7) is 2.76. The summed E-state index contributed by atoms with van der Waals surface area (Å²) in [5.74, 6) is -0.0460. The lowest BCUT2D eigenvalue weighted by molar-refractivity contribution is -0.136. The lowest BCUT2D eigenvalue weighted by Crippen LogP contribution is -2.43. The lowest BCUT2D eigenvalue weighted by atomic mass is 10.1. The van der Waals surface area contributed by atoms with Gasteiger partial charge in [-0.1, -0.05) is 19.1 Å². The fraction of sp³-hybridized carbons (Fsp3) is 0.529. The Morgan fingerprint density at radius 2 is 2.05 bits per heavy atom. The maximum Gasteiger partial charge on any atom is 0.247 e. The number of hydrogen-bond acceptors (Lipinski definition) is 3. The molecule has 2 amide bonds. The molecule has 1 aromatic carbocycles. The number of carbonyl (C=O) groups is 2. The lowest BCUT2D eigenvalue weighted by Gasteiger charge is -2.24. The minimum absolute atomic E-state index is 0.0680. The molecule has 1 saturated heterocycles. The first-order chi connectivity index (χ1) is 10.7. The minimum Gasteiger partial charge on any atom is -0.396 e. The highest BCUT2D eigenvalue weighted by Crippen LogP contribution is 2.21. The van der Waals surface area contributed by atoms with Crippen LogP contribution >= 0.6 is 0 Å². The van der Waals surface area contributed by atoms with Crippen molar-refractivity contribution in [3.63, 3.8) is 0 Å². The topological polar surface area (TPSA) is 69.6 Å². The van der Waals surface area contributed by atoms with E-state index in [9.17, 15) is 9.59 Å². The number of aliphatic hydroxyl groups is 1. The summed E-state index contributed by atoms with van der Waals surface area (Å²) in [6, 6.07) is 7.09. The van der Waals surface area contributed by atoms with Gasteiger partial charge in [-0.25, -0.2) is 0 Å². The molecule has 0 radical (unpaired) electrons. The fourth-order valence-corrected chi connectivity index (χ4v) is 2.80. The first-order valence-electron chi connectivity index (χ1n) is 7.96. The van der Waals surface area contributed by atoms with E-state index in [-0.39, 0.29) is 24.5 Å². The SMILES string of the molecule is CCCC(=O)N1CCCC1C(=O)Nc1ccc(CCO)cc1. The highest BCUT2D eigenvalue weighted by Gasteiger charge is 2.33. The van der Waals surface area contributed by atoms with E-state index in [0.717, 1.165) is 30.5 Å². The van der Waals surface area contributed by atoms with Gasteiger partial charge < -0.3 is 15.3 Å². The number of benzene rings is 1. The highest BCUT2D eigenvalue weighted by atomic mass is 16.3. The van der Waals surface area contributed by atoms with Crippen LogP contribution in [0.3, 0.4) is 0 Å². The molecule has 0 saturated carbocycles. The van der Waals surface area contributed by atoms with E-state index >= 15 is 0 Å². The molecule has 1 unspecified atom stereocenters. The van der Waals surface area contributed by atoms with Crippen LogP contribution in [0.25, 0.3) is 0 Å². The van der Waals surface area contributed by atoms with Crippen molar-refractivity contribution in [2.75, 3.05) is 18.5 Å². The minimum atomic E-state index is -0.351. The Kier molecular flexibility index (Phi) is 5.95. The Balaban J connectivity index is 1.97. The first-order valence-corrected chi connectivity index (χ1v) is 7.96. The van der Waals surface area contributed by atoms with Gasteiger partial charge >= 0.3 is 0 Å². The normalized spacial score (nSPS) is 17.5. The molecule has 2 N–H and O–H groups in total. The van der Waals surface area contributed by atoms with Gasteiger partial charge in [-0.2, -0.15) is 0 Å². The summed E-state index contributed by atoms with van der Waals surface area (Å²) in [5.41, 5.74) is 1.75. The molecule has 0 spiro atoms. The quantitative estimate of drug-likeness (QED) is 0.844. The third kappa shape index (κ3) is 4.07. The van der Waals surface area contributed by atoms with E-state index in [2.05, 4.69) is 5.32 Å². The van der Waals surface area contributed by atoms with Crippen molar-refractivity contribution in [1.29, 1.82) is 0 Å². The summed E-state index contributed by atoms with van der Waals surface area (Å²) in [7, 11) is 0. The number of nitrogens with zero attached hydrogens (tertiary/aromatic N) is 1. The Bertz CT molecular complexity index is 513. The molecular weight excluding hydrogens is 280 g/mol. The number of rotatable bonds is 6. The Morgan fingerprint density at radius 3 is 2.68 bits per heavy atom.